The van der Waals surface area contributed by atoms with Gasteiger partial charge in [0.25, 0.3) is 0 Å². The number of aryl methyl sites for hydroxylation is 2. The summed E-state index contributed by atoms with van der Waals surface area (Å²) < 4.78 is 21.7. The normalized spacial score (nSPS) is 13.2. The van der Waals surface area contributed by atoms with Gasteiger partial charge in [-0.15, -0.1) is 0 Å². The molecule has 1 heterocycles. The van der Waals surface area contributed by atoms with Crippen LogP contribution in [0.2, 0.25) is 0 Å². The fourth-order valence-electron chi connectivity index (χ4n) is 3.99. The predicted molar refractivity (Wildman–Crippen MR) is 119 cm³/mol. The van der Waals surface area contributed by atoms with Gasteiger partial charge in [-0.1, -0.05) is 0 Å². The fraction of sp³-hybridized carbons (Fsp3) is 0.417. The van der Waals surface area contributed by atoms with Crippen molar-refractivity contribution in [2.24, 2.45) is 5.73 Å². The number of rotatable bonds is 9. The van der Waals surface area contributed by atoms with Crippen molar-refractivity contribution in [3.8, 4) is 23.0 Å². The summed E-state index contributed by atoms with van der Waals surface area (Å²) >= 11 is 0. The third-order valence-electron chi connectivity index (χ3n) is 5.74. The first-order valence-electron chi connectivity index (χ1n) is 10.4. The molecule has 2 N–H and O–H groups in total. The average Bonchev–Trinajstić information content (AvgIpc) is 2.94. The molecule has 0 aromatic heterocycles. The van der Waals surface area contributed by atoms with Crippen LogP contribution in [0.4, 0.5) is 0 Å². The van der Waals surface area contributed by atoms with Crippen LogP contribution in [0.25, 0.3) is 0 Å². The Morgan fingerprint density at radius 2 is 1.38 bits per heavy atom. The van der Waals surface area contributed by atoms with Gasteiger partial charge in [-0.25, -0.2) is 0 Å². The molecule has 8 nitrogen and oxygen atoms in total. The van der Waals surface area contributed by atoms with Gasteiger partial charge in [0.1, 0.15) is 0 Å². The average molecular weight is 443 g/mol. The van der Waals surface area contributed by atoms with Gasteiger partial charge in [-0.2, -0.15) is 0 Å². The van der Waals surface area contributed by atoms with Gasteiger partial charge in [0.2, 0.25) is 11.8 Å². The second-order valence-corrected chi connectivity index (χ2v) is 7.67. The lowest BCUT2D eigenvalue weighted by atomic mass is 10.0. The number of methoxy groups -OCH3 is 4. The molecular formula is C24H30N2O6. The fourth-order valence-corrected chi connectivity index (χ4v) is 3.99. The zero-order valence-corrected chi connectivity index (χ0v) is 19.0. The van der Waals surface area contributed by atoms with E-state index in [1.807, 2.05) is 29.2 Å². The number of primary amides is 1. The number of nitrogens with zero attached hydrogens (tertiary/aromatic N) is 1. The number of amides is 2. The van der Waals surface area contributed by atoms with Crippen LogP contribution in [0.15, 0.2) is 24.3 Å². The molecule has 2 aromatic carbocycles. The number of ether oxygens (including phenoxy) is 4. The number of hydrogen-bond acceptors (Lipinski definition) is 6. The summed E-state index contributed by atoms with van der Waals surface area (Å²) in [6, 6.07) is 7.59. The molecule has 0 aliphatic carbocycles. The summed E-state index contributed by atoms with van der Waals surface area (Å²) in [6.07, 6.45) is 1.68. The third kappa shape index (κ3) is 5.07. The van der Waals surface area contributed by atoms with Crippen molar-refractivity contribution in [1.82, 2.24) is 4.90 Å². The van der Waals surface area contributed by atoms with Crippen LogP contribution >= 0.6 is 0 Å². The molecule has 8 heteroatoms. The van der Waals surface area contributed by atoms with Crippen molar-refractivity contribution in [3.05, 3.63) is 46.5 Å². The Morgan fingerprint density at radius 3 is 1.94 bits per heavy atom. The van der Waals surface area contributed by atoms with Crippen molar-refractivity contribution in [2.75, 3.05) is 28.4 Å². The highest BCUT2D eigenvalue weighted by molar-refractivity contribution is 5.78. The monoisotopic (exact) mass is 442 g/mol. The summed E-state index contributed by atoms with van der Waals surface area (Å²) in [4.78, 5) is 26.2. The van der Waals surface area contributed by atoms with Crippen molar-refractivity contribution in [1.29, 1.82) is 0 Å². The van der Waals surface area contributed by atoms with E-state index in [9.17, 15) is 9.59 Å². The zero-order valence-electron chi connectivity index (χ0n) is 19.0. The van der Waals surface area contributed by atoms with Gasteiger partial charge >= 0.3 is 0 Å². The van der Waals surface area contributed by atoms with E-state index < -0.39 is 0 Å². The van der Waals surface area contributed by atoms with Crippen molar-refractivity contribution in [2.45, 2.75) is 38.8 Å². The summed E-state index contributed by atoms with van der Waals surface area (Å²) in [5.41, 5.74) is 9.24. The van der Waals surface area contributed by atoms with Gasteiger partial charge < -0.3 is 29.6 Å². The van der Waals surface area contributed by atoms with Crippen LogP contribution in [0.1, 0.15) is 35.1 Å². The smallest absolute Gasteiger partial charge is 0.223 e. The number of nitrogens with two attached hydrogens (primary N) is 1. The number of carbonyl (C=O) groups is 2. The maximum atomic E-state index is 13.0. The van der Waals surface area contributed by atoms with Crippen LogP contribution in [-0.4, -0.2) is 45.2 Å². The topological polar surface area (TPSA) is 100 Å². The molecule has 0 radical (unpaired) electrons. The molecule has 0 spiro atoms. The van der Waals surface area contributed by atoms with Crippen molar-refractivity contribution >= 4 is 11.8 Å². The highest BCUT2D eigenvalue weighted by Gasteiger charge is 2.24. The Labute approximate surface area is 188 Å². The molecule has 2 aromatic rings. The Morgan fingerprint density at radius 1 is 0.844 bits per heavy atom. The lowest BCUT2D eigenvalue weighted by molar-refractivity contribution is -0.132. The lowest BCUT2D eigenvalue weighted by Gasteiger charge is -2.24. The Hall–Kier alpha value is -3.42. The molecule has 3 rings (SSSR count). The lowest BCUT2D eigenvalue weighted by Crippen LogP contribution is -2.29. The third-order valence-corrected chi connectivity index (χ3v) is 5.74. The highest BCUT2D eigenvalue weighted by Crippen LogP contribution is 2.35. The first-order valence-corrected chi connectivity index (χ1v) is 10.4. The molecule has 2 amide bonds. The van der Waals surface area contributed by atoms with Gasteiger partial charge in [0.05, 0.1) is 28.4 Å². The molecule has 32 heavy (non-hydrogen) atoms. The van der Waals surface area contributed by atoms with E-state index in [1.165, 1.54) is 0 Å². The molecule has 0 saturated heterocycles. The minimum absolute atomic E-state index is 0.0507. The Balaban J connectivity index is 1.95. The summed E-state index contributed by atoms with van der Waals surface area (Å²) in [5, 5.41) is 0. The van der Waals surface area contributed by atoms with Crippen LogP contribution in [0.5, 0.6) is 23.0 Å². The minimum Gasteiger partial charge on any atom is -0.493 e. The Bertz CT molecular complexity index is 1000. The van der Waals surface area contributed by atoms with Gasteiger partial charge in [0, 0.05) is 25.9 Å². The van der Waals surface area contributed by atoms with E-state index in [2.05, 4.69) is 0 Å². The molecule has 172 valence electrons. The summed E-state index contributed by atoms with van der Waals surface area (Å²) in [5.74, 6) is 2.09. The van der Waals surface area contributed by atoms with Crippen LogP contribution in [0, 0.1) is 0 Å². The SMILES string of the molecule is COc1cc(CCC(N)=O)c(CN2Cc3cc(OC)c(OC)cc3CCC2=O)cc1OC. The van der Waals surface area contributed by atoms with Gasteiger partial charge in [-0.3, -0.25) is 9.59 Å². The van der Waals surface area contributed by atoms with E-state index in [-0.39, 0.29) is 18.2 Å². The van der Waals surface area contributed by atoms with Gasteiger partial charge in [0.15, 0.2) is 23.0 Å². The number of hydrogen-bond donors (Lipinski definition) is 1. The van der Waals surface area contributed by atoms with E-state index in [0.29, 0.717) is 55.4 Å². The first kappa shape index (κ1) is 23.2. The predicted octanol–water partition coefficient (Wildman–Crippen LogP) is 2.61. The van der Waals surface area contributed by atoms with Gasteiger partial charge in [-0.05, 0) is 59.4 Å². The van der Waals surface area contributed by atoms with E-state index in [0.717, 1.165) is 22.3 Å². The van der Waals surface area contributed by atoms with Crippen LogP contribution in [0.3, 0.4) is 0 Å². The van der Waals surface area contributed by atoms with Crippen LogP contribution < -0.4 is 24.7 Å². The molecule has 0 unspecified atom stereocenters. The van der Waals surface area contributed by atoms with E-state index >= 15 is 0 Å². The molecular weight excluding hydrogens is 412 g/mol. The van der Waals surface area contributed by atoms with Crippen molar-refractivity contribution < 1.29 is 28.5 Å². The molecule has 0 saturated carbocycles. The largest absolute Gasteiger partial charge is 0.493 e. The maximum Gasteiger partial charge on any atom is 0.223 e. The van der Waals surface area contributed by atoms with Crippen LogP contribution in [-0.2, 0) is 35.5 Å². The Kier molecular flexibility index (Phi) is 7.45. The zero-order chi connectivity index (χ0) is 23.3. The molecule has 0 bridgehead atoms. The van der Waals surface area contributed by atoms with E-state index in [4.69, 9.17) is 24.7 Å². The first-order chi connectivity index (χ1) is 15.4. The summed E-state index contributed by atoms with van der Waals surface area (Å²) in [6.45, 7) is 0.819. The quantitative estimate of drug-likeness (QED) is 0.641. The number of fused-ring (bicyclic) bond motifs is 1. The molecule has 0 fully saturated rings. The second-order valence-electron chi connectivity index (χ2n) is 7.67. The number of carbonyl (C=O) groups excluding carboxylic acids is 2. The number of benzene rings is 2. The molecule has 1 aliphatic heterocycles. The standard InChI is InChI=1S/C24H30N2O6/c1-29-19-9-15(5-7-23(25)27)17(11-21(19)31-3)13-26-14-18-12-22(32-4)20(30-2)10-16(18)6-8-24(26)28/h9-12H,5-8,13-14H2,1-4H3,(H2,25,27). The highest BCUT2D eigenvalue weighted by atomic mass is 16.5. The maximum absolute atomic E-state index is 13.0. The molecule has 1 aliphatic rings. The summed E-state index contributed by atoms with van der Waals surface area (Å²) in [7, 11) is 6.33. The molecule has 0 atom stereocenters. The second kappa shape index (κ2) is 10.3. The van der Waals surface area contributed by atoms with Crippen molar-refractivity contribution in [3.63, 3.8) is 0 Å². The van der Waals surface area contributed by atoms with E-state index in [1.54, 1.807) is 28.4 Å². The minimum atomic E-state index is -0.383.